The zero-order chi connectivity index (χ0) is 15.6. The van der Waals surface area contributed by atoms with E-state index >= 15 is 0 Å². The fourth-order valence-corrected chi connectivity index (χ4v) is 2.58. The highest BCUT2D eigenvalue weighted by molar-refractivity contribution is 6.39. The number of halogens is 3. The maximum atomic E-state index is 13.2. The summed E-state index contributed by atoms with van der Waals surface area (Å²) in [4.78, 5) is 8.43. The lowest BCUT2D eigenvalue weighted by atomic mass is 10.0. The Morgan fingerprint density at radius 2 is 1.67 bits per heavy atom. The van der Waals surface area contributed by atoms with Gasteiger partial charge in [0.2, 0.25) is 0 Å². The van der Waals surface area contributed by atoms with Crippen molar-refractivity contribution in [3.05, 3.63) is 39.9 Å². The molecule has 0 spiro atoms. The number of hydrogen-bond donors (Lipinski definition) is 2. The largest absolute Gasteiger partial charge is 0.373 e. The standard InChI is InChI=1S/C14H15Cl2FN4/c1-7(2)11-13(18-3)19-6-20-14(11)21-12-9(15)4-8(17)5-10(12)16/h4-7H,1-3H3,(H2,18,19,20,21). The molecular formula is C14H15Cl2FN4. The van der Waals surface area contributed by atoms with Crippen LogP contribution in [0, 0.1) is 5.82 Å². The third kappa shape index (κ3) is 3.36. The number of aromatic nitrogens is 2. The van der Waals surface area contributed by atoms with Crippen molar-refractivity contribution in [1.82, 2.24) is 9.97 Å². The maximum absolute atomic E-state index is 13.2. The summed E-state index contributed by atoms with van der Waals surface area (Å²) in [5.41, 5.74) is 1.32. The van der Waals surface area contributed by atoms with Crippen LogP contribution in [0.2, 0.25) is 10.0 Å². The molecule has 4 nitrogen and oxygen atoms in total. The summed E-state index contributed by atoms with van der Waals surface area (Å²) in [5.74, 6) is 0.990. The van der Waals surface area contributed by atoms with Gasteiger partial charge in [-0.1, -0.05) is 37.0 Å². The minimum Gasteiger partial charge on any atom is -0.373 e. The van der Waals surface area contributed by atoms with Crippen molar-refractivity contribution in [3.8, 4) is 0 Å². The number of nitrogens with one attached hydrogen (secondary N) is 2. The van der Waals surface area contributed by atoms with Crippen molar-refractivity contribution < 1.29 is 4.39 Å². The molecule has 0 amide bonds. The fraction of sp³-hybridized carbons (Fsp3) is 0.286. The minimum atomic E-state index is -0.488. The summed E-state index contributed by atoms with van der Waals surface area (Å²) in [7, 11) is 1.79. The highest BCUT2D eigenvalue weighted by atomic mass is 35.5. The van der Waals surface area contributed by atoms with Crippen LogP contribution in [0.25, 0.3) is 0 Å². The molecule has 0 bridgehead atoms. The SMILES string of the molecule is CNc1ncnc(Nc2c(Cl)cc(F)cc2Cl)c1C(C)C. The Morgan fingerprint density at radius 3 is 2.19 bits per heavy atom. The van der Waals surface area contributed by atoms with Gasteiger partial charge in [-0.3, -0.25) is 0 Å². The van der Waals surface area contributed by atoms with Crippen molar-refractivity contribution >= 4 is 40.5 Å². The van der Waals surface area contributed by atoms with Gasteiger partial charge in [0.1, 0.15) is 23.8 Å². The van der Waals surface area contributed by atoms with E-state index in [9.17, 15) is 4.39 Å². The topological polar surface area (TPSA) is 49.8 Å². The zero-order valence-electron chi connectivity index (χ0n) is 11.8. The molecular weight excluding hydrogens is 314 g/mol. The summed E-state index contributed by atoms with van der Waals surface area (Å²) in [5, 5.41) is 6.48. The van der Waals surface area contributed by atoms with Crippen LogP contribution in [0.1, 0.15) is 25.3 Å². The molecule has 2 aromatic rings. The first-order valence-corrected chi connectivity index (χ1v) is 7.13. The van der Waals surface area contributed by atoms with E-state index in [-0.39, 0.29) is 16.0 Å². The lowest BCUT2D eigenvalue weighted by molar-refractivity contribution is 0.628. The van der Waals surface area contributed by atoms with Crippen LogP contribution in [0.4, 0.5) is 21.7 Å². The van der Waals surface area contributed by atoms with Gasteiger partial charge in [0.25, 0.3) is 0 Å². The first kappa shape index (κ1) is 15.8. The third-order valence-electron chi connectivity index (χ3n) is 2.95. The van der Waals surface area contributed by atoms with Gasteiger partial charge in [-0.25, -0.2) is 14.4 Å². The van der Waals surface area contributed by atoms with Gasteiger partial charge in [-0.05, 0) is 18.1 Å². The molecule has 0 fully saturated rings. The smallest absolute Gasteiger partial charge is 0.139 e. The molecule has 7 heteroatoms. The lowest BCUT2D eigenvalue weighted by Crippen LogP contribution is -2.07. The first-order valence-electron chi connectivity index (χ1n) is 6.38. The molecule has 1 aromatic carbocycles. The number of rotatable bonds is 4. The maximum Gasteiger partial charge on any atom is 0.139 e. The average Bonchev–Trinajstić information content (AvgIpc) is 2.42. The van der Waals surface area contributed by atoms with Crippen LogP contribution >= 0.6 is 23.2 Å². The van der Waals surface area contributed by atoms with Gasteiger partial charge < -0.3 is 10.6 Å². The molecule has 0 saturated heterocycles. The number of anilines is 3. The molecule has 1 heterocycles. The predicted molar refractivity (Wildman–Crippen MR) is 85.4 cm³/mol. The molecule has 1 aromatic heterocycles. The Labute approximate surface area is 132 Å². The molecule has 2 N–H and O–H groups in total. The van der Waals surface area contributed by atoms with E-state index in [2.05, 4.69) is 20.6 Å². The molecule has 0 atom stereocenters. The molecule has 21 heavy (non-hydrogen) atoms. The van der Waals surface area contributed by atoms with E-state index in [4.69, 9.17) is 23.2 Å². The Balaban J connectivity index is 2.50. The van der Waals surface area contributed by atoms with E-state index in [1.54, 1.807) is 7.05 Å². The molecule has 2 rings (SSSR count). The van der Waals surface area contributed by atoms with Crippen LogP contribution in [-0.2, 0) is 0 Å². The Bertz CT molecular complexity index is 638. The van der Waals surface area contributed by atoms with Crippen molar-refractivity contribution in [2.24, 2.45) is 0 Å². The molecule has 0 aliphatic carbocycles. The van der Waals surface area contributed by atoms with E-state index < -0.39 is 5.82 Å². The van der Waals surface area contributed by atoms with E-state index in [1.807, 2.05) is 13.8 Å². The summed E-state index contributed by atoms with van der Waals surface area (Å²) in [6, 6.07) is 2.40. The van der Waals surface area contributed by atoms with Crippen LogP contribution in [0.5, 0.6) is 0 Å². The quantitative estimate of drug-likeness (QED) is 0.843. The van der Waals surface area contributed by atoms with Gasteiger partial charge in [0, 0.05) is 12.6 Å². The van der Waals surface area contributed by atoms with E-state index in [0.717, 1.165) is 11.4 Å². The Hall–Kier alpha value is -1.59. The van der Waals surface area contributed by atoms with Gasteiger partial charge in [0.15, 0.2) is 0 Å². The van der Waals surface area contributed by atoms with Gasteiger partial charge in [-0.2, -0.15) is 0 Å². The Morgan fingerprint density at radius 1 is 1.10 bits per heavy atom. The lowest BCUT2D eigenvalue weighted by Gasteiger charge is -2.17. The summed E-state index contributed by atoms with van der Waals surface area (Å²) in [6.07, 6.45) is 1.44. The van der Waals surface area contributed by atoms with Crippen LogP contribution in [0.3, 0.4) is 0 Å². The van der Waals surface area contributed by atoms with Gasteiger partial charge in [-0.15, -0.1) is 0 Å². The first-order chi connectivity index (χ1) is 9.93. The number of benzene rings is 1. The second-order valence-corrected chi connectivity index (χ2v) is 5.57. The number of nitrogens with zero attached hydrogens (tertiary/aromatic N) is 2. The highest BCUT2D eigenvalue weighted by Crippen LogP contribution is 2.36. The Kier molecular flexibility index (Phi) is 4.85. The molecule has 0 saturated carbocycles. The van der Waals surface area contributed by atoms with Crippen LogP contribution in [-0.4, -0.2) is 17.0 Å². The summed E-state index contributed by atoms with van der Waals surface area (Å²) in [6.45, 7) is 4.05. The van der Waals surface area contributed by atoms with Crippen LogP contribution < -0.4 is 10.6 Å². The second kappa shape index (κ2) is 6.45. The van der Waals surface area contributed by atoms with E-state index in [0.29, 0.717) is 11.5 Å². The van der Waals surface area contributed by atoms with E-state index in [1.165, 1.54) is 18.5 Å². The van der Waals surface area contributed by atoms with Gasteiger partial charge in [0.05, 0.1) is 15.7 Å². The monoisotopic (exact) mass is 328 g/mol. The summed E-state index contributed by atoms with van der Waals surface area (Å²) >= 11 is 12.1. The minimum absolute atomic E-state index is 0.175. The van der Waals surface area contributed by atoms with Crippen molar-refractivity contribution in [1.29, 1.82) is 0 Å². The van der Waals surface area contributed by atoms with Crippen molar-refractivity contribution in [2.45, 2.75) is 19.8 Å². The predicted octanol–water partition coefficient (Wildman–Crippen LogP) is 4.83. The van der Waals surface area contributed by atoms with Crippen molar-refractivity contribution in [3.63, 3.8) is 0 Å². The molecule has 0 aliphatic rings. The summed E-state index contributed by atoms with van der Waals surface area (Å²) < 4.78 is 13.2. The van der Waals surface area contributed by atoms with Crippen molar-refractivity contribution in [2.75, 3.05) is 17.7 Å². The van der Waals surface area contributed by atoms with Gasteiger partial charge >= 0.3 is 0 Å². The molecule has 0 unspecified atom stereocenters. The fourth-order valence-electron chi connectivity index (χ4n) is 2.02. The third-order valence-corrected chi connectivity index (χ3v) is 3.54. The number of hydrogen-bond acceptors (Lipinski definition) is 4. The zero-order valence-corrected chi connectivity index (χ0v) is 13.3. The molecule has 112 valence electrons. The average molecular weight is 329 g/mol. The van der Waals surface area contributed by atoms with Crippen LogP contribution in [0.15, 0.2) is 18.5 Å². The molecule has 0 aliphatic heterocycles. The highest BCUT2D eigenvalue weighted by Gasteiger charge is 2.17. The molecule has 0 radical (unpaired) electrons. The normalized spacial score (nSPS) is 10.8. The second-order valence-electron chi connectivity index (χ2n) is 4.76.